The smallest absolute Gasteiger partial charge is 0.237 e. The van der Waals surface area contributed by atoms with Gasteiger partial charge in [-0.25, -0.2) is 0 Å². The Bertz CT molecular complexity index is 666. The van der Waals surface area contributed by atoms with E-state index >= 15 is 0 Å². The summed E-state index contributed by atoms with van der Waals surface area (Å²) in [6, 6.07) is 13.9. The fraction of sp³-hybridized carbons (Fsp3) is 0.476. The minimum atomic E-state index is -0.511. The first-order valence-corrected chi connectivity index (χ1v) is 10.4. The van der Waals surface area contributed by atoms with Gasteiger partial charge in [-0.2, -0.15) is 0 Å². The van der Waals surface area contributed by atoms with Crippen molar-refractivity contribution in [1.82, 2.24) is 10.2 Å². The van der Waals surface area contributed by atoms with E-state index in [1.54, 1.807) is 11.3 Å². The van der Waals surface area contributed by atoms with Gasteiger partial charge in [0.2, 0.25) is 5.91 Å². The third kappa shape index (κ3) is 5.16. The number of benzene rings is 1. The molecule has 2 aromatic rings. The van der Waals surface area contributed by atoms with E-state index in [0.717, 1.165) is 24.6 Å². The van der Waals surface area contributed by atoms with Crippen molar-refractivity contribution >= 4 is 17.2 Å². The Morgan fingerprint density at radius 2 is 1.96 bits per heavy atom. The van der Waals surface area contributed by atoms with Crippen molar-refractivity contribution in [2.24, 2.45) is 11.7 Å². The lowest BCUT2D eigenvalue weighted by Gasteiger charge is -2.36. The Hall–Kier alpha value is -1.69. The number of hydrogen-bond donors (Lipinski definition) is 2. The van der Waals surface area contributed by atoms with E-state index in [2.05, 4.69) is 34.7 Å². The van der Waals surface area contributed by atoms with Crippen molar-refractivity contribution < 1.29 is 4.79 Å². The van der Waals surface area contributed by atoms with Gasteiger partial charge in [-0.05, 0) is 55.3 Å². The quantitative estimate of drug-likeness (QED) is 0.786. The van der Waals surface area contributed by atoms with Gasteiger partial charge in [0.05, 0.1) is 12.1 Å². The number of nitrogens with two attached hydrogens (primary N) is 1. The van der Waals surface area contributed by atoms with E-state index in [1.165, 1.54) is 17.7 Å². The number of nitrogens with one attached hydrogen (secondary N) is 1. The predicted octanol–water partition coefficient (Wildman–Crippen LogP) is 3.21. The van der Waals surface area contributed by atoms with Crippen molar-refractivity contribution in [1.29, 1.82) is 0 Å². The Morgan fingerprint density at radius 3 is 2.62 bits per heavy atom. The fourth-order valence-electron chi connectivity index (χ4n) is 3.52. The molecule has 4 nitrogen and oxygen atoms in total. The summed E-state index contributed by atoms with van der Waals surface area (Å²) in [4.78, 5) is 16.3. The molecule has 1 aliphatic rings. The molecule has 1 fully saturated rings. The van der Waals surface area contributed by atoms with Crippen molar-refractivity contribution in [2.45, 2.75) is 38.3 Å². The van der Waals surface area contributed by atoms with E-state index in [-0.39, 0.29) is 11.9 Å². The van der Waals surface area contributed by atoms with Crippen LogP contribution in [0, 0.1) is 5.92 Å². The maximum atomic E-state index is 12.5. The van der Waals surface area contributed by atoms with Crippen LogP contribution in [0.15, 0.2) is 47.8 Å². The molecule has 1 amide bonds. The largest absolute Gasteiger partial charge is 0.353 e. The summed E-state index contributed by atoms with van der Waals surface area (Å²) in [6.07, 6.45) is 3.02. The highest BCUT2D eigenvalue weighted by Crippen LogP contribution is 2.29. The molecule has 0 bridgehead atoms. The number of piperidine rings is 1. The maximum absolute atomic E-state index is 12.5. The molecule has 1 saturated heterocycles. The number of amides is 1. The highest BCUT2D eigenvalue weighted by atomic mass is 32.1. The molecule has 26 heavy (non-hydrogen) atoms. The maximum Gasteiger partial charge on any atom is 0.237 e. The minimum Gasteiger partial charge on any atom is -0.353 e. The molecule has 140 valence electrons. The van der Waals surface area contributed by atoms with Crippen LogP contribution in [0.3, 0.4) is 0 Å². The molecular formula is C21H29N3OS. The third-order valence-corrected chi connectivity index (χ3v) is 6.21. The standard InChI is InChI=1S/C21H29N3OS/c1-16-9-11-24(12-10-16)19(20-8-5-13-26-20)15-23-21(25)18(22)14-17-6-3-2-4-7-17/h2-8,13,16,18-19H,9-12,14-15,22H2,1H3,(H,23,25). The average molecular weight is 372 g/mol. The van der Waals surface area contributed by atoms with Crippen LogP contribution in [0.4, 0.5) is 0 Å². The van der Waals surface area contributed by atoms with Gasteiger partial charge in [-0.3, -0.25) is 9.69 Å². The first-order chi connectivity index (χ1) is 12.6. The van der Waals surface area contributed by atoms with E-state index in [9.17, 15) is 4.79 Å². The predicted molar refractivity (Wildman–Crippen MR) is 108 cm³/mol. The summed E-state index contributed by atoms with van der Waals surface area (Å²) in [5, 5.41) is 5.21. The number of rotatable bonds is 7. The monoisotopic (exact) mass is 371 g/mol. The molecule has 2 atom stereocenters. The lowest BCUT2D eigenvalue weighted by atomic mass is 9.97. The van der Waals surface area contributed by atoms with Gasteiger partial charge >= 0.3 is 0 Å². The Labute approximate surface area is 160 Å². The Kier molecular flexibility index (Phi) is 6.83. The van der Waals surface area contributed by atoms with Crippen LogP contribution in [0.5, 0.6) is 0 Å². The summed E-state index contributed by atoms with van der Waals surface area (Å²) in [6.45, 7) is 5.13. The van der Waals surface area contributed by atoms with E-state index in [0.29, 0.717) is 13.0 Å². The number of nitrogens with zero attached hydrogens (tertiary/aromatic N) is 1. The van der Waals surface area contributed by atoms with Crippen molar-refractivity contribution in [3.05, 3.63) is 58.3 Å². The van der Waals surface area contributed by atoms with E-state index in [1.807, 2.05) is 30.3 Å². The van der Waals surface area contributed by atoms with E-state index < -0.39 is 6.04 Å². The van der Waals surface area contributed by atoms with Crippen LogP contribution < -0.4 is 11.1 Å². The van der Waals surface area contributed by atoms with Gasteiger partial charge in [0.1, 0.15) is 0 Å². The zero-order chi connectivity index (χ0) is 18.4. The summed E-state index contributed by atoms with van der Waals surface area (Å²) in [5.41, 5.74) is 7.22. The SMILES string of the molecule is CC1CCN(C(CNC(=O)C(N)Cc2ccccc2)c2cccs2)CC1. The lowest BCUT2D eigenvalue weighted by Crippen LogP contribution is -2.46. The molecule has 3 N–H and O–H groups in total. The molecule has 0 spiro atoms. The van der Waals surface area contributed by atoms with Gasteiger partial charge in [-0.15, -0.1) is 11.3 Å². The van der Waals surface area contributed by atoms with Crippen molar-refractivity contribution in [3.8, 4) is 0 Å². The van der Waals surface area contributed by atoms with E-state index in [4.69, 9.17) is 5.73 Å². The molecule has 0 saturated carbocycles. The van der Waals surface area contributed by atoms with Crippen LogP contribution in [-0.2, 0) is 11.2 Å². The summed E-state index contributed by atoms with van der Waals surface area (Å²) < 4.78 is 0. The topological polar surface area (TPSA) is 58.4 Å². The number of thiophene rings is 1. The van der Waals surface area contributed by atoms with Gasteiger partial charge in [0.25, 0.3) is 0 Å². The Balaban J connectivity index is 1.57. The molecule has 1 aliphatic heterocycles. The fourth-order valence-corrected chi connectivity index (χ4v) is 4.38. The second kappa shape index (κ2) is 9.31. The summed E-state index contributed by atoms with van der Waals surface area (Å²) in [5.74, 6) is 0.727. The Morgan fingerprint density at radius 1 is 1.23 bits per heavy atom. The molecule has 5 heteroatoms. The zero-order valence-corrected chi connectivity index (χ0v) is 16.3. The second-order valence-corrected chi connectivity index (χ2v) is 8.27. The number of carbonyl (C=O) groups excluding carboxylic acids is 1. The van der Waals surface area contributed by atoms with Gasteiger partial charge in [0.15, 0.2) is 0 Å². The third-order valence-electron chi connectivity index (χ3n) is 5.24. The van der Waals surface area contributed by atoms with Gasteiger partial charge in [0, 0.05) is 11.4 Å². The van der Waals surface area contributed by atoms with Crippen LogP contribution in [0.2, 0.25) is 0 Å². The minimum absolute atomic E-state index is 0.0687. The number of carbonyl (C=O) groups is 1. The molecular weight excluding hydrogens is 342 g/mol. The summed E-state index contributed by atoms with van der Waals surface area (Å²) in [7, 11) is 0. The highest BCUT2D eigenvalue weighted by molar-refractivity contribution is 7.10. The normalized spacial score (nSPS) is 18.4. The number of hydrogen-bond acceptors (Lipinski definition) is 4. The van der Waals surface area contributed by atoms with Crippen LogP contribution in [0.25, 0.3) is 0 Å². The molecule has 3 rings (SSSR count). The highest BCUT2D eigenvalue weighted by Gasteiger charge is 2.26. The second-order valence-electron chi connectivity index (χ2n) is 7.29. The molecule has 0 aliphatic carbocycles. The van der Waals surface area contributed by atoms with Crippen LogP contribution in [0.1, 0.15) is 36.2 Å². The molecule has 2 unspecified atom stereocenters. The molecule has 0 radical (unpaired) electrons. The van der Waals surface area contributed by atoms with Gasteiger partial charge < -0.3 is 11.1 Å². The number of likely N-dealkylation sites (tertiary alicyclic amines) is 1. The molecule has 1 aromatic heterocycles. The lowest BCUT2D eigenvalue weighted by molar-refractivity contribution is -0.122. The van der Waals surface area contributed by atoms with Crippen molar-refractivity contribution in [2.75, 3.05) is 19.6 Å². The zero-order valence-electron chi connectivity index (χ0n) is 15.4. The molecule has 1 aromatic carbocycles. The summed E-state index contributed by atoms with van der Waals surface area (Å²) >= 11 is 1.76. The van der Waals surface area contributed by atoms with Crippen LogP contribution >= 0.6 is 11.3 Å². The first kappa shape index (κ1) is 19.1. The molecule has 2 heterocycles. The van der Waals surface area contributed by atoms with Crippen LogP contribution in [-0.4, -0.2) is 36.5 Å². The van der Waals surface area contributed by atoms with Gasteiger partial charge in [-0.1, -0.05) is 43.3 Å². The average Bonchev–Trinajstić information content (AvgIpc) is 3.18. The van der Waals surface area contributed by atoms with Crippen molar-refractivity contribution in [3.63, 3.8) is 0 Å². The first-order valence-electron chi connectivity index (χ1n) is 9.48.